The Balaban J connectivity index is 1.64. The number of halogens is 3. The molecular formula is C29H35Cl2FN4O2. The Kier molecular flexibility index (Phi) is 7.40. The third-order valence-electron chi connectivity index (χ3n) is 8.25. The van der Waals surface area contributed by atoms with Crippen LogP contribution in [0.3, 0.4) is 0 Å². The van der Waals surface area contributed by atoms with Crippen LogP contribution in [0.15, 0.2) is 36.4 Å². The van der Waals surface area contributed by atoms with Crippen LogP contribution in [0.5, 0.6) is 0 Å². The molecule has 9 heteroatoms. The van der Waals surface area contributed by atoms with Gasteiger partial charge in [-0.15, -0.1) is 0 Å². The van der Waals surface area contributed by atoms with E-state index in [2.05, 4.69) is 36.7 Å². The summed E-state index contributed by atoms with van der Waals surface area (Å²) in [5, 5.41) is 9.94. The second kappa shape index (κ2) is 10.3. The standard InChI is InChI=1S/C29H35Cl2FN4O2/c1-28(2,3)14-18-16-36(27(38)34-15-17-9-11-33-12-10-17)25(20-5-4-6-22(31)24(20)32)29(18)21-8-7-19(30)13-23(21)35-26(29)37/h4-8,13,17-18,25,33H,9-12,14-16H2,1-3H3,(H,34,38)(H,35,37)/t18-,25-,29+/m1/s1. The van der Waals surface area contributed by atoms with Crippen LogP contribution in [0.1, 0.15) is 57.2 Å². The van der Waals surface area contributed by atoms with Crippen molar-refractivity contribution in [1.82, 2.24) is 15.5 Å². The molecule has 2 aromatic rings. The van der Waals surface area contributed by atoms with E-state index in [0.29, 0.717) is 36.1 Å². The molecule has 0 aliphatic carbocycles. The van der Waals surface area contributed by atoms with Crippen molar-refractivity contribution < 1.29 is 14.0 Å². The summed E-state index contributed by atoms with van der Waals surface area (Å²) in [4.78, 5) is 29.7. The zero-order valence-corrected chi connectivity index (χ0v) is 23.6. The predicted octanol–water partition coefficient (Wildman–Crippen LogP) is 6.14. The number of piperidine rings is 1. The van der Waals surface area contributed by atoms with E-state index in [0.717, 1.165) is 31.5 Å². The zero-order chi connectivity index (χ0) is 27.2. The summed E-state index contributed by atoms with van der Waals surface area (Å²) in [6.07, 6.45) is 2.62. The van der Waals surface area contributed by atoms with Gasteiger partial charge in [0, 0.05) is 29.4 Å². The number of carbonyl (C=O) groups excluding carboxylic acids is 2. The van der Waals surface area contributed by atoms with Crippen LogP contribution in [0.4, 0.5) is 14.9 Å². The first-order valence-corrected chi connectivity index (χ1v) is 14.1. The molecule has 38 heavy (non-hydrogen) atoms. The van der Waals surface area contributed by atoms with Crippen LogP contribution in [0, 0.1) is 23.1 Å². The monoisotopic (exact) mass is 560 g/mol. The largest absolute Gasteiger partial charge is 0.338 e. The average molecular weight is 562 g/mol. The molecule has 3 aliphatic heterocycles. The summed E-state index contributed by atoms with van der Waals surface area (Å²) >= 11 is 12.6. The first-order chi connectivity index (χ1) is 18.0. The molecule has 3 amide bonds. The number of carbonyl (C=O) groups is 2. The first kappa shape index (κ1) is 27.2. The van der Waals surface area contributed by atoms with Crippen molar-refractivity contribution in [3.63, 3.8) is 0 Å². The van der Waals surface area contributed by atoms with Crippen molar-refractivity contribution in [3.05, 3.63) is 63.4 Å². The lowest BCUT2D eigenvalue weighted by Gasteiger charge is -2.38. The number of amides is 3. The zero-order valence-electron chi connectivity index (χ0n) is 22.0. The van der Waals surface area contributed by atoms with Gasteiger partial charge in [0.25, 0.3) is 0 Å². The number of nitrogens with zero attached hydrogens (tertiary/aromatic N) is 1. The molecule has 5 rings (SSSR count). The second-order valence-electron chi connectivity index (χ2n) is 12.1. The first-order valence-electron chi connectivity index (χ1n) is 13.3. The summed E-state index contributed by atoms with van der Waals surface area (Å²) in [6.45, 7) is 9.05. The van der Waals surface area contributed by atoms with Crippen molar-refractivity contribution in [1.29, 1.82) is 0 Å². The van der Waals surface area contributed by atoms with Crippen molar-refractivity contribution in [2.24, 2.45) is 17.3 Å². The molecule has 204 valence electrons. The van der Waals surface area contributed by atoms with Gasteiger partial charge in [0.15, 0.2) is 0 Å². The normalized spacial score (nSPS) is 25.5. The Hall–Kier alpha value is -2.35. The molecule has 6 nitrogen and oxygen atoms in total. The molecular weight excluding hydrogens is 526 g/mol. The molecule has 0 radical (unpaired) electrons. The maximum atomic E-state index is 15.8. The number of urea groups is 1. The fourth-order valence-corrected chi connectivity index (χ4v) is 7.04. The number of likely N-dealkylation sites (tertiary alicyclic amines) is 1. The van der Waals surface area contributed by atoms with Gasteiger partial charge in [-0.3, -0.25) is 4.79 Å². The van der Waals surface area contributed by atoms with E-state index in [1.54, 1.807) is 29.2 Å². The summed E-state index contributed by atoms with van der Waals surface area (Å²) < 4.78 is 15.8. The molecule has 1 spiro atoms. The molecule has 2 fully saturated rings. The Morgan fingerprint density at radius 1 is 1.18 bits per heavy atom. The van der Waals surface area contributed by atoms with Gasteiger partial charge < -0.3 is 20.9 Å². The number of hydrogen-bond donors (Lipinski definition) is 3. The van der Waals surface area contributed by atoms with Crippen LogP contribution in [-0.4, -0.2) is 43.0 Å². The number of fused-ring (bicyclic) bond motifs is 2. The van der Waals surface area contributed by atoms with E-state index in [9.17, 15) is 9.59 Å². The lowest BCUT2D eigenvalue weighted by molar-refractivity contribution is -0.123. The van der Waals surface area contributed by atoms with Gasteiger partial charge in [0.1, 0.15) is 11.2 Å². The molecule has 0 aromatic heterocycles. The Bertz CT molecular complexity index is 1240. The average Bonchev–Trinajstić information content (AvgIpc) is 3.33. The lowest BCUT2D eigenvalue weighted by Crippen LogP contribution is -2.48. The van der Waals surface area contributed by atoms with Crippen LogP contribution < -0.4 is 16.0 Å². The lowest BCUT2D eigenvalue weighted by atomic mass is 9.63. The second-order valence-corrected chi connectivity index (χ2v) is 12.9. The molecule has 2 aromatic carbocycles. The van der Waals surface area contributed by atoms with Gasteiger partial charge in [0.2, 0.25) is 5.91 Å². The smallest absolute Gasteiger partial charge is 0.317 e. The van der Waals surface area contributed by atoms with Gasteiger partial charge in [-0.2, -0.15) is 0 Å². The van der Waals surface area contributed by atoms with Crippen LogP contribution in [0.2, 0.25) is 10.0 Å². The van der Waals surface area contributed by atoms with E-state index in [1.165, 1.54) is 6.07 Å². The third-order valence-corrected chi connectivity index (χ3v) is 8.78. The highest BCUT2D eigenvalue weighted by Gasteiger charge is 2.65. The fourth-order valence-electron chi connectivity index (χ4n) is 6.69. The van der Waals surface area contributed by atoms with E-state index >= 15 is 4.39 Å². The summed E-state index contributed by atoms with van der Waals surface area (Å²) in [7, 11) is 0. The number of rotatable bonds is 4. The third kappa shape index (κ3) is 4.78. The van der Waals surface area contributed by atoms with Crippen molar-refractivity contribution >= 4 is 40.8 Å². The van der Waals surface area contributed by atoms with Gasteiger partial charge in [-0.1, -0.05) is 62.2 Å². The SMILES string of the molecule is CC(C)(C)C[C@@H]1CN(C(=O)NCC2CCNCC2)[C@H](c2cccc(Cl)c2F)[C@]12C(=O)Nc1cc(Cl)ccc12. The molecule has 0 saturated carbocycles. The van der Waals surface area contributed by atoms with Gasteiger partial charge in [0.05, 0.1) is 11.1 Å². The van der Waals surface area contributed by atoms with Crippen molar-refractivity contribution in [3.8, 4) is 0 Å². The van der Waals surface area contributed by atoms with E-state index in [-0.39, 0.29) is 33.9 Å². The quantitative estimate of drug-likeness (QED) is 0.420. The van der Waals surface area contributed by atoms with Gasteiger partial charge in [-0.25, -0.2) is 9.18 Å². The molecule has 3 aliphatic rings. The highest BCUT2D eigenvalue weighted by molar-refractivity contribution is 6.31. The summed E-state index contributed by atoms with van der Waals surface area (Å²) in [6, 6.07) is 8.94. The van der Waals surface area contributed by atoms with Gasteiger partial charge in [-0.05, 0) is 73.4 Å². The number of nitrogens with one attached hydrogen (secondary N) is 3. The number of anilines is 1. The minimum absolute atomic E-state index is 0.0401. The summed E-state index contributed by atoms with van der Waals surface area (Å²) in [5.74, 6) is -0.748. The van der Waals surface area contributed by atoms with Crippen LogP contribution >= 0.6 is 23.2 Å². The van der Waals surface area contributed by atoms with Crippen molar-refractivity contribution in [2.75, 3.05) is 31.5 Å². The molecule has 2 saturated heterocycles. The molecule has 3 atom stereocenters. The van der Waals surface area contributed by atoms with E-state index in [4.69, 9.17) is 23.2 Å². The molecule has 0 bridgehead atoms. The minimum Gasteiger partial charge on any atom is -0.338 e. The maximum absolute atomic E-state index is 15.8. The summed E-state index contributed by atoms with van der Waals surface area (Å²) in [5.41, 5.74) is 0.227. The Morgan fingerprint density at radius 3 is 2.63 bits per heavy atom. The fraction of sp³-hybridized carbons (Fsp3) is 0.517. The van der Waals surface area contributed by atoms with E-state index in [1.807, 2.05) is 6.07 Å². The Labute approximate surface area is 233 Å². The number of hydrogen-bond acceptors (Lipinski definition) is 3. The molecule has 0 unspecified atom stereocenters. The highest BCUT2D eigenvalue weighted by atomic mass is 35.5. The maximum Gasteiger partial charge on any atom is 0.317 e. The number of benzene rings is 2. The van der Waals surface area contributed by atoms with Crippen molar-refractivity contribution in [2.45, 2.75) is 51.5 Å². The Morgan fingerprint density at radius 2 is 1.92 bits per heavy atom. The minimum atomic E-state index is -1.20. The highest BCUT2D eigenvalue weighted by Crippen LogP contribution is 2.60. The van der Waals surface area contributed by atoms with E-state index < -0.39 is 17.3 Å². The predicted molar refractivity (Wildman–Crippen MR) is 149 cm³/mol. The molecule has 3 heterocycles. The molecule has 3 N–H and O–H groups in total. The topological polar surface area (TPSA) is 73.5 Å². The van der Waals surface area contributed by atoms with Crippen LogP contribution in [0.25, 0.3) is 0 Å². The van der Waals surface area contributed by atoms with Gasteiger partial charge >= 0.3 is 6.03 Å². The van der Waals surface area contributed by atoms with Crippen LogP contribution in [-0.2, 0) is 10.2 Å².